The van der Waals surface area contributed by atoms with E-state index in [1.54, 1.807) is 6.20 Å². The molecule has 2 aliphatic rings. The monoisotopic (exact) mass is 121 g/mol. The lowest BCUT2D eigenvalue weighted by Crippen LogP contribution is -2.10. The SMILES string of the molecule is C1=CC2=CCCOC2=N1. The van der Waals surface area contributed by atoms with Gasteiger partial charge < -0.3 is 4.74 Å². The average Bonchev–Trinajstić information content (AvgIpc) is 2.33. The van der Waals surface area contributed by atoms with Crippen molar-refractivity contribution in [1.29, 1.82) is 0 Å². The topological polar surface area (TPSA) is 21.6 Å². The number of rotatable bonds is 0. The first-order chi connectivity index (χ1) is 4.47. The van der Waals surface area contributed by atoms with Gasteiger partial charge in [0.25, 0.3) is 0 Å². The summed E-state index contributed by atoms with van der Waals surface area (Å²) in [5, 5.41) is 0. The first-order valence-corrected chi connectivity index (χ1v) is 3.04. The van der Waals surface area contributed by atoms with E-state index < -0.39 is 0 Å². The highest BCUT2D eigenvalue weighted by atomic mass is 16.5. The maximum Gasteiger partial charge on any atom is 0.220 e. The molecule has 0 amide bonds. The summed E-state index contributed by atoms with van der Waals surface area (Å²) in [4.78, 5) is 4.00. The van der Waals surface area contributed by atoms with Crippen molar-refractivity contribution in [2.24, 2.45) is 4.99 Å². The van der Waals surface area contributed by atoms with Crippen LogP contribution >= 0.6 is 0 Å². The van der Waals surface area contributed by atoms with Gasteiger partial charge in [0, 0.05) is 18.2 Å². The lowest BCUT2D eigenvalue weighted by atomic mass is 10.2. The fraction of sp³-hybridized carbons (Fsp3) is 0.286. The van der Waals surface area contributed by atoms with E-state index in [0.29, 0.717) is 0 Å². The molecule has 0 unspecified atom stereocenters. The molecule has 9 heavy (non-hydrogen) atoms. The maximum absolute atomic E-state index is 5.22. The zero-order chi connectivity index (χ0) is 6.10. The van der Waals surface area contributed by atoms with Crippen molar-refractivity contribution in [1.82, 2.24) is 0 Å². The molecule has 0 spiro atoms. The predicted octanol–water partition coefficient (Wildman–Crippen LogP) is 1.26. The van der Waals surface area contributed by atoms with Crippen LogP contribution in [0.1, 0.15) is 6.42 Å². The average molecular weight is 121 g/mol. The van der Waals surface area contributed by atoms with Crippen LogP contribution in [0, 0.1) is 0 Å². The van der Waals surface area contributed by atoms with Crippen LogP contribution in [-0.2, 0) is 4.74 Å². The van der Waals surface area contributed by atoms with Gasteiger partial charge in [-0.25, -0.2) is 4.99 Å². The summed E-state index contributed by atoms with van der Waals surface area (Å²) in [5.41, 5.74) is 1.14. The molecule has 2 rings (SSSR count). The van der Waals surface area contributed by atoms with Gasteiger partial charge >= 0.3 is 0 Å². The van der Waals surface area contributed by atoms with E-state index in [1.165, 1.54) is 0 Å². The number of ether oxygens (including phenoxy) is 1. The molecule has 0 fully saturated rings. The first kappa shape index (κ1) is 4.79. The van der Waals surface area contributed by atoms with Crippen LogP contribution in [0.4, 0.5) is 0 Å². The zero-order valence-electron chi connectivity index (χ0n) is 5.00. The lowest BCUT2D eigenvalue weighted by Gasteiger charge is -2.09. The van der Waals surface area contributed by atoms with Crippen LogP contribution in [0.2, 0.25) is 0 Å². The third kappa shape index (κ3) is 0.669. The van der Waals surface area contributed by atoms with E-state index in [2.05, 4.69) is 11.1 Å². The molecule has 0 aromatic rings. The Bertz CT molecular complexity index is 213. The predicted molar refractivity (Wildman–Crippen MR) is 35.2 cm³/mol. The van der Waals surface area contributed by atoms with Crippen LogP contribution in [0.25, 0.3) is 0 Å². The Morgan fingerprint density at radius 3 is 3.44 bits per heavy atom. The van der Waals surface area contributed by atoms with E-state index in [-0.39, 0.29) is 0 Å². The number of hydrogen-bond donors (Lipinski definition) is 0. The molecule has 2 nitrogen and oxygen atoms in total. The molecular formula is C7H7NO. The molecule has 0 aliphatic carbocycles. The number of aliphatic imine (C=N–C) groups is 1. The highest BCUT2D eigenvalue weighted by Gasteiger charge is 2.12. The molecule has 0 saturated heterocycles. The van der Waals surface area contributed by atoms with Gasteiger partial charge in [-0.3, -0.25) is 0 Å². The Hall–Kier alpha value is -1.05. The molecule has 0 atom stereocenters. The zero-order valence-corrected chi connectivity index (χ0v) is 5.00. The van der Waals surface area contributed by atoms with Crippen molar-refractivity contribution < 1.29 is 4.74 Å². The van der Waals surface area contributed by atoms with E-state index >= 15 is 0 Å². The fourth-order valence-corrected chi connectivity index (χ4v) is 0.977. The lowest BCUT2D eigenvalue weighted by molar-refractivity contribution is 0.306. The van der Waals surface area contributed by atoms with Gasteiger partial charge in [0.2, 0.25) is 5.90 Å². The minimum Gasteiger partial charge on any atom is -0.477 e. The molecule has 0 N–H and O–H groups in total. The van der Waals surface area contributed by atoms with Gasteiger partial charge in [-0.2, -0.15) is 0 Å². The number of hydrogen-bond acceptors (Lipinski definition) is 2. The van der Waals surface area contributed by atoms with E-state index in [9.17, 15) is 0 Å². The largest absolute Gasteiger partial charge is 0.477 e. The van der Waals surface area contributed by atoms with Crippen LogP contribution < -0.4 is 0 Å². The highest BCUT2D eigenvalue weighted by Crippen LogP contribution is 2.15. The molecule has 0 aromatic carbocycles. The molecule has 0 aromatic heterocycles. The third-order valence-electron chi connectivity index (χ3n) is 1.41. The van der Waals surface area contributed by atoms with Crippen molar-refractivity contribution in [3.63, 3.8) is 0 Å². The smallest absolute Gasteiger partial charge is 0.220 e. The van der Waals surface area contributed by atoms with Crippen LogP contribution in [0.3, 0.4) is 0 Å². The summed E-state index contributed by atoms with van der Waals surface area (Å²) in [6.45, 7) is 0.782. The van der Waals surface area contributed by atoms with Gasteiger partial charge in [-0.15, -0.1) is 0 Å². The van der Waals surface area contributed by atoms with Crippen LogP contribution in [0.5, 0.6) is 0 Å². The van der Waals surface area contributed by atoms with Crippen molar-refractivity contribution in [2.75, 3.05) is 6.61 Å². The molecule has 0 radical (unpaired) electrons. The minimum absolute atomic E-state index is 0.782. The van der Waals surface area contributed by atoms with Crippen LogP contribution in [-0.4, -0.2) is 12.5 Å². The standard InChI is InChI=1S/C7H7NO/c1-2-6-3-4-8-7(6)9-5-1/h2-4H,1,5H2. The summed E-state index contributed by atoms with van der Waals surface area (Å²) in [7, 11) is 0. The van der Waals surface area contributed by atoms with Gasteiger partial charge in [0.05, 0.1) is 6.61 Å². The second kappa shape index (κ2) is 1.72. The van der Waals surface area contributed by atoms with Crippen molar-refractivity contribution >= 4 is 5.90 Å². The number of fused-ring (bicyclic) bond motifs is 1. The molecular weight excluding hydrogens is 114 g/mol. The van der Waals surface area contributed by atoms with Gasteiger partial charge in [0.1, 0.15) is 0 Å². The quantitative estimate of drug-likeness (QED) is 0.472. The molecule has 2 heteroatoms. The van der Waals surface area contributed by atoms with Crippen molar-refractivity contribution in [3.05, 3.63) is 23.9 Å². The minimum atomic E-state index is 0.782. The summed E-state index contributed by atoms with van der Waals surface area (Å²) < 4.78 is 5.22. The maximum atomic E-state index is 5.22. The number of nitrogens with zero attached hydrogens (tertiary/aromatic N) is 1. The summed E-state index contributed by atoms with van der Waals surface area (Å²) in [6, 6.07) is 0. The Balaban J connectivity index is 2.38. The molecule has 46 valence electrons. The van der Waals surface area contributed by atoms with E-state index in [4.69, 9.17) is 4.74 Å². The molecule has 0 saturated carbocycles. The normalized spacial score (nSPS) is 22.2. The van der Waals surface area contributed by atoms with Crippen molar-refractivity contribution in [2.45, 2.75) is 6.42 Å². The fourth-order valence-electron chi connectivity index (χ4n) is 0.977. The van der Waals surface area contributed by atoms with Gasteiger partial charge in [-0.05, 0) is 6.08 Å². The van der Waals surface area contributed by atoms with E-state index in [1.807, 2.05) is 6.08 Å². The summed E-state index contributed by atoms with van der Waals surface area (Å²) in [6.07, 6.45) is 6.89. The van der Waals surface area contributed by atoms with Gasteiger partial charge in [0.15, 0.2) is 0 Å². The first-order valence-electron chi connectivity index (χ1n) is 3.04. The Morgan fingerprint density at radius 2 is 2.56 bits per heavy atom. The Kier molecular flexibility index (Phi) is 0.918. The second-order valence-electron chi connectivity index (χ2n) is 2.05. The van der Waals surface area contributed by atoms with Crippen LogP contribution in [0.15, 0.2) is 28.9 Å². The molecule has 2 heterocycles. The van der Waals surface area contributed by atoms with Crippen molar-refractivity contribution in [3.8, 4) is 0 Å². The van der Waals surface area contributed by atoms with E-state index in [0.717, 1.165) is 24.5 Å². The Morgan fingerprint density at radius 1 is 1.56 bits per heavy atom. The highest BCUT2D eigenvalue weighted by molar-refractivity contribution is 5.99. The molecule has 2 aliphatic heterocycles. The summed E-state index contributed by atoms with van der Waals surface area (Å²) >= 11 is 0. The second-order valence-corrected chi connectivity index (χ2v) is 2.05. The summed E-state index contributed by atoms with van der Waals surface area (Å²) in [5.74, 6) is 0.793. The third-order valence-corrected chi connectivity index (χ3v) is 1.41. The Labute approximate surface area is 53.5 Å². The molecule has 0 bridgehead atoms. The van der Waals surface area contributed by atoms with Gasteiger partial charge in [-0.1, -0.05) is 6.08 Å².